The first-order chi connectivity index (χ1) is 9.90. The molecule has 5 nitrogen and oxygen atoms in total. The second kappa shape index (κ2) is 6.10. The van der Waals surface area contributed by atoms with Gasteiger partial charge in [0, 0.05) is 5.02 Å². The molecule has 0 saturated heterocycles. The molecular formula is C15H16ClN3O2. The normalized spacial score (nSPS) is 12.0. The van der Waals surface area contributed by atoms with Gasteiger partial charge in [0.25, 0.3) is 0 Å². The summed E-state index contributed by atoms with van der Waals surface area (Å²) < 4.78 is 0. The Kier molecular flexibility index (Phi) is 4.43. The summed E-state index contributed by atoms with van der Waals surface area (Å²) in [6.45, 7) is 5.37. The van der Waals surface area contributed by atoms with E-state index in [2.05, 4.69) is 15.5 Å². The smallest absolute Gasteiger partial charge is 0.339 e. The molecule has 0 aliphatic carbocycles. The van der Waals surface area contributed by atoms with Crippen molar-refractivity contribution in [3.8, 4) is 0 Å². The Morgan fingerprint density at radius 1 is 1.33 bits per heavy atom. The number of aromatic nitrogens is 2. The number of anilines is 1. The van der Waals surface area contributed by atoms with Crippen molar-refractivity contribution in [2.45, 2.75) is 26.8 Å². The molecule has 0 saturated carbocycles. The van der Waals surface area contributed by atoms with Crippen molar-refractivity contribution in [2.24, 2.45) is 0 Å². The number of benzene rings is 1. The molecule has 0 radical (unpaired) electrons. The van der Waals surface area contributed by atoms with Crippen LogP contribution in [0, 0.1) is 13.8 Å². The highest BCUT2D eigenvalue weighted by Crippen LogP contribution is 2.24. The maximum Gasteiger partial charge on any atom is 0.339 e. The number of carbonyl (C=O) groups is 1. The Hall–Kier alpha value is -2.14. The number of halogens is 1. The molecule has 0 spiro atoms. The number of aryl methyl sites for hydroxylation is 1. The Bertz CT molecular complexity index is 689. The minimum atomic E-state index is -1.02. The van der Waals surface area contributed by atoms with Crippen molar-refractivity contribution in [1.82, 2.24) is 10.2 Å². The summed E-state index contributed by atoms with van der Waals surface area (Å²) in [7, 11) is 0. The zero-order valence-electron chi connectivity index (χ0n) is 12.0. The van der Waals surface area contributed by atoms with Gasteiger partial charge < -0.3 is 10.4 Å². The molecule has 0 bridgehead atoms. The number of rotatable bonds is 4. The van der Waals surface area contributed by atoms with Gasteiger partial charge in [0.1, 0.15) is 5.56 Å². The summed E-state index contributed by atoms with van der Waals surface area (Å²) in [5, 5.41) is 21.0. The molecule has 0 fully saturated rings. The molecule has 2 aromatic rings. The minimum Gasteiger partial charge on any atom is -0.478 e. The Morgan fingerprint density at radius 3 is 2.67 bits per heavy atom. The van der Waals surface area contributed by atoms with Gasteiger partial charge in [0.2, 0.25) is 0 Å². The molecule has 0 aliphatic rings. The topological polar surface area (TPSA) is 75.1 Å². The van der Waals surface area contributed by atoms with E-state index in [9.17, 15) is 9.90 Å². The monoisotopic (exact) mass is 305 g/mol. The van der Waals surface area contributed by atoms with Gasteiger partial charge in [-0.3, -0.25) is 0 Å². The van der Waals surface area contributed by atoms with Crippen LogP contribution in [0.3, 0.4) is 0 Å². The highest BCUT2D eigenvalue weighted by atomic mass is 35.5. The van der Waals surface area contributed by atoms with Crippen molar-refractivity contribution in [2.75, 3.05) is 5.32 Å². The van der Waals surface area contributed by atoms with E-state index >= 15 is 0 Å². The summed E-state index contributed by atoms with van der Waals surface area (Å²) in [6, 6.07) is 7.24. The SMILES string of the molecule is Cc1nnc(NC(C)c2cccc(Cl)c2)c(C(=O)O)c1C. The largest absolute Gasteiger partial charge is 0.478 e. The van der Waals surface area contributed by atoms with Gasteiger partial charge in [0.15, 0.2) is 5.82 Å². The van der Waals surface area contributed by atoms with Crippen molar-refractivity contribution >= 4 is 23.4 Å². The number of nitrogens with zero attached hydrogens (tertiary/aromatic N) is 2. The average Bonchev–Trinajstić information content (AvgIpc) is 2.42. The number of nitrogens with one attached hydrogen (secondary N) is 1. The van der Waals surface area contributed by atoms with E-state index in [1.165, 1.54) is 0 Å². The molecule has 1 atom stereocenters. The number of hydrogen-bond donors (Lipinski definition) is 2. The number of carboxylic acid groups (broad SMARTS) is 1. The standard InChI is InChI=1S/C15H16ClN3O2/c1-8-9(2)18-19-14(13(8)15(20)21)17-10(3)11-5-4-6-12(16)7-11/h4-7,10H,1-3H3,(H,17,19)(H,20,21). The molecule has 1 aromatic heterocycles. The highest BCUT2D eigenvalue weighted by Gasteiger charge is 2.19. The van der Waals surface area contributed by atoms with Gasteiger partial charge in [-0.25, -0.2) is 4.79 Å². The van der Waals surface area contributed by atoms with E-state index in [4.69, 9.17) is 11.6 Å². The average molecular weight is 306 g/mol. The van der Waals surface area contributed by atoms with Gasteiger partial charge in [-0.05, 0) is 44.0 Å². The molecule has 2 rings (SSSR count). The van der Waals surface area contributed by atoms with E-state index in [1.807, 2.05) is 25.1 Å². The van der Waals surface area contributed by atoms with Crippen LogP contribution in [0.25, 0.3) is 0 Å². The van der Waals surface area contributed by atoms with E-state index < -0.39 is 5.97 Å². The molecule has 0 aliphatic heterocycles. The third-order valence-corrected chi connectivity index (χ3v) is 3.61. The second-order valence-electron chi connectivity index (χ2n) is 4.86. The third kappa shape index (κ3) is 3.31. The van der Waals surface area contributed by atoms with E-state index in [0.717, 1.165) is 5.56 Å². The van der Waals surface area contributed by atoms with E-state index in [0.29, 0.717) is 16.3 Å². The first-order valence-corrected chi connectivity index (χ1v) is 6.87. The molecule has 21 heavy (non-hydrogen) atoms. The predicted octanol–water partition coefficient (Wildman–Crippen LogP) is 3.62. The van der Waals surface area contributed by atoms with Crippen LogP contribution >= 0.6 is 11.6 Å². The fraction of sp³-hybridized carbons (Fsp3) is 0.267. The number of aromatic carboxylic acids is 1. The first-order valence-electron chi connectivity index (χ1n) is 6.49. The van der Waals surface area contributed by atoms with Crippen LogP contribution in [0.15, 0.2) is 24.3 Å². The lowest BCUT2D eigenvalue weighted by atomic mass is 10.1. The van der Waals surface area contributed by atoms with Gasteiger partial charge in [-0.2, -0.15) is 5.10 Å². The lowest BCUT2D eigenvalue weighted by Crippen LogP contribution is -2.15. The lowest BCUT2D eigenvalue weighted by molar-refractivity contribution is 0.0696. The van der Waals surface area contributed by atoms with Crippen molar-refractivity contribution in [1.29, 1.82) is 0 Å². The van der Waals surface area contributed by atoms with Crippen LogP contribution < -0.4 is 5.32 Å². The third-order valence-electron chi connectivity index (χ3n) is 3.37. The number of hydrogen-bond acceptors (Lipinski definition) is 4. The Labute approximate surface area is 128 Å². The minimum absolute atomic E-state index is 0.141. The van der Waals surface area contributed by atoms with Crippen LogP contribution in [0.4, 0.5) is 5.82 Å². The van der Waals surface area contributed by atoms with Gasteiger partial charge in [-0.1, -0.05) is 23.7 Å². The fourth-order valence-electron chi connectivity index (χ4n) is 2.04. The van der Waals surface area contributed by atoms with Crippen LogP contribution in [-0.2, 0) is 0 Å². The fourth-order valence-corrected chi connectivity index (χ4v) is 2.23. The highest BCUT2D eigenvalue weighted by molar-refractivity contribution is 6.30. The molecule has 1 unspecified atom stereocenters. The van der Waals surface area contributed by atoms with Crippen LogP contribution in [0.2, 0.25) is 5.02 Å². The van der Waals surface area contributed by atoms with Gasteiger partial charge >= 0.3 is 5.97 Å². The van der Waals surface area contributed by atoms with Gasteiger partial charge in [-0.15, -0.1) is 5.10 Å². The summed E-state index contributed by atoms with van der Waals surface area (Å²) in [6.07, 6.45) is 0. The molecule has 110 valence electrons. The quantitative estimate of drug-likeness (QED) is 0.902. The first kappa shape index (κ1) is 15.3. The number of carboxylic acids is 1. The van der Waals surface area contributed by atoms with Crippen molar-refractivity contribution < 1.29 is 9.90 Å². The maximum absolute atomic E-state index is 11.4. The molecule has 6 heteroatoms. The molecular weight excluding hydrogens is 290 g/mol. The summed E-state index contributed by atoms with van der Waals surface area (Å²) in [5.41, 5.74) is 2.31. The zero-order chi connectivity index (χ0) is 15.6. The molecule has 2 N–H and O–H groups in total. The van der Waals surface area contributed by atoms with Crippen LogP contribution in [0.5, 0.6) is 0 Å². The predicted molar refractivity (Wildman–Crippen MR) is 82.0 cm³/mol. The lowest BCUT2D eigenvalue weighted by Gasteiger charge is -2.17. The Morgan fingerprint density at radius 2 is 2.05 bits per heavy atom. The summed E-state index contributed by atoms with van der Waals surface area (Å²) in [5.74, 6) is -0.760. The van der Waals surface area contributed by atoms with E-state index in [1.54, 1.807) is 19.9 Å². The zero-order valence-corrected chi connectivity index (χ0v) is 12.8. The molecule has 1 aromatic carbocycles. The van der Waals surface area contributed by atoms with Crippen LogP contribution in [0.1, 0.15) is 40.1 Å². The summed E-state index contributed by atoms with van der Waals surface area (Å²) >= 11 is 5.97. The van der Waals surface area contributed by atoms with Crippen molar-refractivity contribution in [3.63, 3.8) is 0 Å². The molecule has 0 amide bonds. The van der Waals surface area contributed by atoms with Crippen LogP contribution in [-0.4, -0.2) is 21.3 Å². The van der Waals surface area contributed by atoms with Gasteiger partial charge in [0.05, 0.1) is 11.7 Å². The maximum atomic E-state index is 11.4. The molecule has 1 heterocycles. The Balaban J connectivity index is 2.35. The van der Waals surface area contributed by atoms with E-state index in [-0.39, 0.29) is 17.4 Å². The van der Waals surface area contributed by atoms with Crippen molar-refractivity contribution in [3.05, 3.63) is 51.7 Å². The second-order valence-corrected chi connectivity index (χ2v) is 5.30. The summed E-state index contributed by atoms with van der Waals surface area (Å²) in [4.78, 5) is 11.4.